The maximum Gasteiger partial charge on any atom is 0.408 e. The van der Waals surface area contributed by atoms with Crippen LogP contribution in [0.25, 0.3) is 0 Å². The summed E-state index contributed by atoms with van der Waals surface area (Å²) in [7, 11) is 0. The SMILES string of the molecule is CCC(C#Cc1ccc(Cl)cc1OCCO)NC(=O)OC(C)(C)C. The number of halogens is 1. The van der Waals surface area contributed by atoms with Crippen LogP contribution in [0, 0.1) is 11.8 Å². The zero-order valence-corrected chi connectivity index (χ0v) is 15.2. The van der Waals surface area contributed by atoms with Crippen LogP contribution in [0.5, 0.6) is 5.75 Å². The molecule has 0 bridgehead atoms. The summed E-state index contributed by atoms with van der Waals surface area (Å²) in [4.78, 5) is 11.8. The minimum atomic E-state index is -0.558. The number of aliphatic hydroxyl groups is 1. The summed E-state index contributed by atoms with van der Waals surface area (Å²) in [5.41, 5.74) is 0.0781. The quantitative estimate of drug-likeness (QED) is 0.796. The van der Waals surface area contributed by atoms with Gasteiger partial charge in [0, 0.05) is 11.1 Å². The Kier molecular flexibility index (Phi) is 7.90. The summed E-state index contributed by atoms with van der Waals surface area (Å²) in [5, 5.41) is 12.1. The number of nitrogens with one attached hydrogen (secondary N) is 1. The van der Waals surface area contributed by atoms with Crippen LogP contribution < -0.4 is 10.1 Å². The first kappa shape index (κ1) is 20.1. The van der Waals surface area contributed by atoms with Gasteiger partial charge >= 0.3 is 6.09 Å². The molecule has 1 aromatic carbocycles. The smallest absolute Gasteiger partial charge is 0.408 e. The van der Waals surface area contributed by atoms with Gasteiger partial charge in [0.1, 0.15) is 18.0 Å². The molecule has 24 heavy (non-hydrogen) atoms. The van der Waals surface area contributed by atoms with Gasteiger partial charge in [-0.15, -0.1) is 0 Å². The molecule has 0 aliphatic heterocycles. The third-order valence-electron chi connectivity index (χ3n) is 2.77. The largest absolute Gasteiger partial charge is 0.490 e. The average molecular weight is 354 g/mol. The number of carbonyl (C=O) groups excluding carboxylic acids is 1. The van der Waals surface area contributed by atoms with Gasteiger partial charge in [-0.3, -0.25) is 0 Å². The van der Waals surface area contributed by atoms with Gasteiger partial charge in [-0.1, -0.05) is 30.4 Å². The number of benzene rings is 1. The lowest BCUT2D eigenvalue weighted by Gasteiger charge is -2.21. The fraction of sp³-hybridized carbons (Fsp3) is 0.500. The molecule has 0 aliphatic carbocycles. The van der Waals surface area contributed by atoms with Gasteiger partial charge in [-0.2, -0.15) is 0 Å². The van der Waals surface area contributed by atoms with Crippen molar-refractivity contribution in [2.45, 2.75) is 45.8 Å². The molecule has 0 aliphatic rings. The van der Waals surface area contributed by atoms with E-state index in [4.69, 9.17) is 26.2 Å². The highest BCUT2D eigenvalue weighted by Gasteiger charge is 2.17. The van der Waals surface area contributed by atoms with Crippen LogP contribution in [0.1, 0.15) is 39.7 Å². The molecule has 0 spiro atoms. The maximum atomic E-state index is 11.8. The summed E-state index contributed by atoms with van der Waals surface area (Å²) in [6.45, 7) is 7.38. The molecular weight excluding hydrogens is 330 g/mol. The second-order valence-electron chi connectivity index (χ2n) is 6.09. The van der Waals surface area contributed by atoms with Crippen LogP contribution in [0.2, 0.25) is 5.02 Å². The van der Waals surface area contributed by atoms with Crippen LogP contribution in [0.15, 0.2) is 18.2 Å². The molecule has 1 aromatic rings. The van der Waals surface area contributed by atoms with Crippen molar-refractivity contribution in [3.63, 3.8) is 0 Å². The molecule has 1 atom stereocenters. The second-order valence-corrected chi connectivity index (χ2v) is 6.53. The van der Waals surface area contributed by atoms with E-state index in [9.17, 15) is 4.79 Å². The number of amides is 1. The van der Waals surface area contributed by atoms with E-state index in [1.165, 1.54) is 0 Å². The third kappa shape index (κ3) is 7.58. The predicted molar refractivity (Wildman–Crippen MR) is 94.4 cm³/mol. The third-order valence-corrected chi connectivity index (χ3v) is 3.01. The van der Waals surface area contributed by atoms with Crippen molar-refractivity contribution < 1.29 is 19.4 Å². The van der Waals surface area contributed by atoms with Gasteiger partial charge in [0.05, 0.1) is 18.2 Å². The first-order chi connectivity index (χ1) is 11.2. The summed E-state index contributed by atoms with van der Waals surface area (Å²) in [6, 6.07) is 4.74. The second kappa shape index (κ2) is 9.41. The number of ether oxygens (including phenoxy) is 2. The Labute approximate surface area is 148 Å². The molecule has 5 nitrogen and oxygen atoms in total. The number of aliphatic hydroxyl groups excluding tert-OH is 1. The molecule has 6 heteroatoms. The minimum Gasteiger partial charge on any atom is -0.490 e. The normalized spacial score (nSPS) is 11.9. The highest BCUT2D eigenvalue weighted by Crippen LogP contribution is 2.22. The summed E-state index contributed by atoms with van der Waals surface area (Å²) >= 11 is 5.95. The van der Waals surface area contributed by atoms with Crippen LogP contribution in [-0.4, -0.2) is 36.1 Å². The first-order valence-corrected chi connectivity index (χ1v) is 8.17. The van der Waals surface area contributed by atoms with Crippen molar-refractivity contribution in [2.75, 3.05) is 13.2 Å². The minimum absolute atomic E-state index is 0.100. The van der Waals surface area contributed by atoms with Crippen molar-refractivity contribution in [2.24, 2.45) is 0 Å². The Morgan fingerprint density at radius 2 is 2.12 bits per heavy atom. The van der Waals surface area contributed by atoms with Gasteiger partial charge in [-0.25, -0.2) is 4.79 Å². The average Bonchev–Trinajstić information content (AvgIpc) is 2.48. The molecule has 0 fully saturated rings. The van der Waals surface area contributed by atoms with Gasteiger partial charge in [0.2, 0.25) is 0 Å². The highest BCUT2D eigenvalue weighted by atomic mass is 35.5. The molecule has 0 saturated carbocycles. The number of rotatable bonds is 5. The van der Waals surface area contributed by atoms with E-state index < -0.39 is 11.7 Å². The molecule has 1 amide bonds. The fourth-order valence-corrected chi connectivity index (χ4v) is 1.89. The van der Waals surface area contributed by atoms with Crippen LogP contribution in [0.3, 0.4) is 0 Å². The number of hydrogen-bond donors (Lipinski definition) is 2. The van der Waals surface area contributed by atoms with E-state index in [-0.39, 0.29) is 19.3 Å². The lowest BCUT2D eigenvalue weighted by Crippen LogP contribution is -2.38. The van der Waals surface area contributed by atoms with E-state index in [0.717, 1.165) is 0 Å². The van der Waals surface area contributed by atoms with Crippen LogP contribution in [-0.2, 0) is 4.74 Å². The van der Waals surface area contributed by atoms with E-state index in [1.54, 1.807) is 39.0 Å². The standard InChI is InChI=1S/C18H24ClNO4/c1-5-15(20-17(22)24-18(2,3)4)9-7-13-6-8-14(19)12-16(13)23-11-10-21/h6,8,12,15,21H,5,10-11H2,1-4H3,(H,20,22). The summed E-state index contributed by atoms with van der Waals surface area (Å²) < 4.78 is 10.7. The molecule has 0 saturated heterocycles. The zero-order valence-electron chi connectivity index (χ0n) is 14.5. The van der Waals surface area contributed by atoms with Gasteiger partial charge < -0.3 is 19.9 Å². The summed E-state index contributed by atoms with van der Waals surface area (Å²) in [5.74, 6) is 6.47. The molecular formula is C18H24ClNO4. The van der Waals surface area contributed by atoms with Gasteiger partial charge in [-0.05, 0) is 39.3 Å². The number of carbonyl (C=O) groups is 1. The van der Waals surface area contributed by atoms with E-state index >= 15 is 0 Å². The van der Waals surface area contributed by atoms with E-state index in [1.807, 2.05) is 6.92 Å². The number of hydrogen-bond acceptors (Lipinski definition) is 4. The van der Waals surface area contributed by atoms with E-state index in [2.05, 4.69) is 17.2 Å². The lowest BCUT2D eigenvalue weighted by molar-refractivity contribution is 0.0515. The Bertz CT molecular complexity index is 614. The van der Waals surface area contributed by atoms with Crippen molar-refractivity contribution in [1.82, 2.24) is 5.32 Å². The zero-order chi connectivity index (χ0) is 18.2. The highest BCUT2D eigenvalue weighted by molar-refractivity contribution is 6.30. The molecule has 0 aromatic heterocycles. The monoisotopic (exact) mass is 353 g/mol. The maximum absolute atomic E-state index is 11.8. The Hall–Kier alpha value is -1.90. The van der Waals surface area contributed by atoms with Crippen molar-refractivity contribution in [3.8, 4) is 17.6 Å². The Morgan fingerprint density at radius 1 is 1.42 bits per heavy atom. The molecule has 0 heterocycles. The molecule has 2 N–H and O–H groups in total. The van der Waals surface area contributed by atoms with Crippen LogP contribution in [0.4, 0.5) is 4.79 Å². The van der Waals surface area contributed by atoms with E-state index in [0.29, 0.717) is 22.8 Å². The Balaban J connectivity index is 2.85. The molecule has 1 unspecified atom stereocenters. The molecule has 132 valence electrons. The van der Waals surface area contributed by atoms with Crippen molar-refractivity contribution >= 4 is 17.7 Å². The number of alkyl carbamates (subject to hydrolysis) is 1. The predicted octanol–water partition coefficient (Wildman–Crippen LogP) is 3.37. The van der Waals surface area contributed by atoms with Gasteiger partial charge in [0.25, 0.3) is 0 Å². The molecule has 1 rings (SSSR count). The van der Waals surface area contributed by atoms with Crippen molar-refractivity contribution in [3.05, 3.63) is 28.8 Å². The van der Waals surface area contributed by atoms with Gasteiger partial charge in [0.15, 0.2) is 0 Å². The Morgan fingerprint density at radius 3 is 2.71 bits per heavy atom. The first-order valence-electron chi connectivity index (χ1n) is 7.79. The van der Waals surface area contributed by atoms with Crippen molar-refractivity contribution in [1.29, 1.82) is 0 Å². The molecule has 0 radical (unpaired) electrons. The lowest BCUT2D eigenvalue weighted by atomic mass is 10.1. The van der Waals surface area contributed by atoms with Crippen LogP contribution >= 0.6 is 11.6 Å². The topological polar surface area (TPSA) is 67.8 Å². The fourth-order valence-electron chi connectivity index (χ4n) is 1.73. The summed E-state index contributed by atoms with van der Waals surface area (Å²) in [6.07, 6.45) is 0.128.